The Morgan fingerprint density at radius 1 is 0.303 bits per heavy atom. The van der Waals surface area contributed by atoms with Crippen molar-refractivity contribution in [2.75, 3.05) is 9.80 Å². The Labute approximate surface area is 450 Å². The average molecular weight is 1030 g/mol. The molecule has 0 aliphatic heterocycles. The number of fused-ring (bicyclic) bond motifs is 8. The molecular formula is C68H42N4OS3. The molecule has 15 aromatic rings. The molecule has 0 bridgehead atoms. The van der Waals surface area contributed by atoms with Crippen LogP contribution in [0.2, 0.25) is 0 Å². The monoisotopic (exact) mass is 1030 g/mol. The topological polar surface area (TPSA) is 45.4 Å². The number of anilines is 6. The van der Waals surface area contributed by atoms with E-state index in [9.17, 15) is 0 Å². The molecule has 0 saturated heterocycles. The van der Waals surface area contributed by atoms with Gasteiger partial charge in [0.1, 0.15) is 10.5 Å². The summed E-state index contributed by atoms with van der Waals surface area (Å²) < 4.78 is 12.5. The molecule has 76 heavy (non-hydrogen) atoms. The Kier molecular flexibility index (Phi) is 10.7. The quantitative estimate of drug-likeness (QED) is 0.137. The molecule has 0 unspecified atom stereocenters. The molecule has 0 N–H and O–H groups in total. The summed E-state index contributed by atoms with van der Waals surface area (Å²) in [4.78, 5) is 14.6. The number of oxazole rings is 1. The van der Waals surface area contributed by atoms with E-state index in [0.29, 0.717) is 5.89 Å². The van der Waals surface area contributed by atoms with Gasteiger partial charge in [-0.1, -0.05) is 115 Å². The third-order valence-electron chi connectivity index (χ3n) is 14.3. The number of hydrogen-bond donors (Lipinski definition) is 0. The highest BCUT2D eigenvalue weighted by molar-refractivity contribution is 7.26. The van der Waals surface area contributed by atoms with Crippen molar-refractivity contribution in [2.24, 2.45) is 0 Å². The first-order valence-corrected chi connectivity index (χ1v) is 27.7. The first-order valence-electron chi connectivity index (χ1n) is 25.3. The van der Waals surface area contributed by atoms with Crippen LogP contribution in [0.4, 0.5) is 34.1 Å². The molecule has 0 radical (unpaired) electrons. The van der Waals surface area contributed by atoms with E-state index in [0.717, 1.165) is 78.0 Å². The Balaban J connectivity index is 0.915. The van der Waals surface area contributed by atoms with Crippen molar-refractivity contribution >= 4 is 130 Å². The van der Waals surface area contributed by atoms with Crippen LogP contribution in [0, 0.1) is 0 Å². The maximum atomic E-state index is 6.30. The number of rotatable bonds is 10. The minimum atomic E-state index is 0.593. The summed E-state index contributed by atoms with van der Waals surface area (Å²) in [5.41, 5.74) is 15.6. The molecule has 0 atom stereocenters. The molecule has 4 aromatic heterocycles. The van der Waals surface area contributed by atoms with E-state index >= 15 is 0 Å². The highest BCUT2D eigenvalue weighted by Gasteiger charge is 2.22. The van der Waals surface area contributed by atoms with Gasteiger partial charge >= 0.3 is 0 Å². The van der Waals surface area contributed by atoms with Crippen molar-refractivity contribution in [3.05, 3.63) is 255 Å². The highest BCUT2D eigenvalue weighted by atomic mass is 32.1. The van der Waals surface area contributed by atoms with Gasteiger partial charge < -0.3 is 14.2 Å². The summed E-state index contributed by atoms with van der Waals surface area (Å²) >= 11 is 5.43. The van der Waals surface area contributed by atoms with Crippen LogP contribution >= 0.6 is 34.0 Å². The second kappa shape index (κ2) is 18.3. The number of aromatic nitrogens is 2. The van der Waals surface area contributed by atoms with Gasteiger partial charge in [0.05, 0.1) is 10.2 Å². The minimum absolute atomic E-state index is 0.593. The molecule has 0 spiro atoms. The van der Waals surface area contributed by atoms with Crippen LogP contribution in [0.15, 0.2) is 259 Å². The fourth-order valence-corrected chi connectivity index (χ4v) is 14.0. The van der Waals surface area contributed by atoms with Crippen LogP contribution in [0.1, 0.15) is 0 Å². The van der Waals surface area contributed by atoms with Gasteiger partial charge in [-0.15, -0.1) is 34.0 Å². The Morgan fingerprint density at radius 2 is 0.895 bits per heavy atom. The number of para-hydroxylation sites is 5. The van der Waals surface area contributed by atoms with Crippen molar-refractivity contribution in [2.45, 2.75) is 0 Å². The normalized spacial score (nSPS) is 11.7. The third-order valence-corrected chi connectivity index (χ3v) is 17.6. The van der Waals surface area contributed by atoms with Gasteiger partial charge in [0.25, 0.3) is 0 Å². The second-order valence-electron chi connectivity index (χ2n) is 19.0. The molecule has 11 aromatic carbocycles. The third kappa shape index (κ3) is 7.81. The van der Waals surface area contributed by atoms with Crippen LogP contribution in [-0.4, -0.2) is 9.97 Å². The van der Waals surface area contributed by atoms with Crippen LogP contribution in [0.5, 0.6) is 0 Å². The predicted octanol–water partition coefficient (Wildman–Crippen LogP) is 20.8. The molecule has 4 heterocycles. The molecule has 0 amide bonds. The van der Waals surface area contributed by atoms with Gasteiger partial charge in [0, 0.05) is 85.6 Å². The SMILES string of the molecule is c1ccc(N(c2ccc(-c3nc4ccccc4s3)cc2)c2cc(-c3cccc(-c4ccc5c(c4)sc4ccccc45)c3)c3c(c2)sc2ccc(N(c4ccccc4)c4cccc(-c5nc6ccccc6o5)c4)cc23)cc1. The van der Waals surface area contributed by atoms with E-state index in [4.69, 9.17) is 14.4 Å². The molecule has 5 nitrogen and oxygen atoms in total. The van der Waals surface area contributed by atoms with E-state index in [1.165, 1.54) is 56.2 Å². The van der Waals surface area contributed by atoms with Gasteiger partial charge in [0.15, 0.2) is 5.58 Å². The Bertz CT molecular complexity index is 4600. The predicted molar refractivity (Wildman–Crippen MR) is 324 cm³/mol. The van der Waals surface area contributed by atoms with Crippen LogP contribution < -0.4 is 9.80 Å². The van der Waals surface area contributed by atoms with Crippen molar-refractivity contribution in [1.82, 2.24) is 9.97 Å². The van der Waals surface area contributed by atoms with Gasteiger partial charge in [-0.05, 0) is 162 Å². The Morgan fingerprint density at radius 3 is 1.71 bits per heavy atom. The zero-order chi connectivity index (χ0) is 50.1. The van der Waals surface area contributed by atoms with E-state index in [-0.39, 0.29) is 0 Å². The largest absolute Gasteiger partial charge is 0.436 e. The number of thiazole rings is 1. The summed E-state index contributed by atoms with van der Waals surface area (Å²) in [7, 11) is 0. The molecule has 8 heteroatoms. The van der Waals surface area contributed by atoms with Crippen molar-refractivity contribution in [3.8, 4) is 44.3 Å². The van der Waals surface area contributed by atoms with E-state index in [2.05, 4.69) is 240 Å². The zero-order valence-electron chi connectivity index (χ0n) is 40.7. The lowest BCUT2D eigenvalue weighted by molar-refractivity contribution is 0.620. The van der Waals surface area contributed by atoms with E-state index in [1.54, 1.807) is 11.3 Å². The summed E-state index contributed by atoms with van der Waals surface area (Å²) in [5.74, 6) is 0.593. The lowest BCUT2D eigenvalue weighted by Gasteiger charge is -2.27. The number of thiophene rings is 2. The molecular weight excluding hydrogens is 985 g/mol. The van der Waals surface area contributed by atoms with Gasteiger partial charge in [-0.3, -0.25) is 0 Å². The zero-order valence-corrected chi connectivity index (χ0v) is 43.1. The molecule has 15 rings (SSSR count). The summed E-state index contributed by atoms with van der Waals surface area (Å²) in [6.07, 6.45) is 0. The van der Waals surface area contributed by atoms with E-state index in [1.807, 2.05) is 46.9 Å². The molecule has 0 saturated carbocycles. The fourth-order valence-electron chi connectivity index (χ4n) is 10.7. The number of nitrogens with zero attached hydrogens (tertiary/aromatic N) is 4. The lowest BCUT2D eigenvalue weighted by Crippen LogP contribution is -2.10. The maximum Gasteiger partial charge on any atom is 0.227 e. The first kappa shape index (κ1) is 44.3. The lowest BCUT2D eigenvalue weighted by atomic mass is 9.94. The molecule has 0 aliphatic carbocycles. The van der Waals surface area contributed by atoms with Crippen molar-refractivity contribution in [3.63, 3.8) is 0 Å². The average Bonchev–Trinajstić information content (AvgIpc) is 4.34. The molecule has 358 valence electrons. The maximum absolute atomic E-state index is 6.30. The number of hydrogen-bond acceptors (Lipinski definition) is 8. The van der Waals surface area contributed by atoms with Gasteiger partial charge in [-0.2, -0.15) is 0 Å². The van der Waals surface area contributed by atoms with Crippen LogP contribution in [0.25, 0.3) is 106 Å². The number of benzene rings is 11. The summed E-state index contributed by atoms with van der Waals surface area (Å²) in [5, 5.41) is 6.03. The minimum Gasteiger partial charge on any atom is -0.436 e. The molecule has 0 aliphatic rings. The highest BCUT2D eigenvalue weighted by Crippen LogP contribution is 2.49. The first-order chi connectivity index (χ1) is 37.6. The van der Waals surface area contributed by atoms with Crippen LogP contribution in [-0.2, 0) is 0 Å². The smallest absolute Gasteiger partial charge is 0.227 e. The Hall–Kier alpha value is -9.18. The van der Waals surface area contributed by atoms with E-state index < -0.39 is 0 Å². The summed E-state index contributed by atoms with van der Waals surface area (Å²) in [6.45, 7) is 0. The van der Waals surface area contributed by atoms with Gasteiger partial charge in [-0.25, -0.2) is 9.97 Å². The molecule has 0 fully saturated rings. The van der Waals surface area contributed by atoms with Gasteiger partial charge in [0.2, 0.25) is 5.89 Å². The fraction of sp³-hybridized carbons (Fsp3) is 0. The van der Waals surface area contributed by atoms with Crippen molar-refractivity contribution in [1.29, 1.82) is 0 Å². The standard InChI is InChI=1S/C68H42N4OS3/c1-3-18-48(19-4-1)71(50-32-29-43(30-33-50)68-70-59-25-9-12-28-63(59)76-68)53-41-56(46-16-13-15-44(37-46)45-31-35-55-54-23-7-11-27-61(54)74-64(55)39-45)66-57-40-52(34-36-62(57)75-65(66)42-53)72(49-20-5-2-6-21-49)51-22-14-17-47(38-51)67-69-58-24-8-10-26-60(58)73-67/h1-42H. The van der Waals surface area contributed by atoms with Crippen molar-refractivity contribution < 1.29 is 4.42 Å². The van der Waals surface area contributed by atoms with Crippen LogP contribution in [0.3, 0.4) is 0 Å². The second-order valence-corrected chi connectivity index (χ2v) is 22.1. The summed E-state index contributed by atoms with van der Waals surface area (Å²) in [6, 6.07) is 91.5.